The number of hydrogen-bond acceptors (Lipinski definition) is 5. The molecule has 0 heterocycles. The van der Waals surface area contributed by atoms with Gasteiger partial charge in [0.05, 0.1) is 21.3 Å². The van der Waals surface area contributed by atoms with Crippen LogP contribution in [-0.4, -0.2) is 58.3 Å². The highest BCUT2D eigenvalue weighted by atomic mass is 16.5. The highest BCUT2D eigenvalue weighted by Crippen LogP contribution is 2.38. The largest absolute Gasteiger partial charge is 0.493 e. The van der Waals surface area contributed by atoms with Gasteiger partial charge in [0.25, 0.3) is 5.91 Å². The lowest BCUT2D eigenvalue weighted by Gasteiger charge is -2.27. The normalized spacial score (nSPS) is 10.8. The van der Waals surface area contributed by atoms with Crippen molar-refractivity contribution in [1.29, 1.82) is 0 Å². The van der Waals surface area contributed by atoms with E-state index in [4.69, 9.17) is 14.2 Å². The Balaban J connectivity index is 1.98. The van der Waals surface area contributed by atoms with Gasteiger partial charge < -0.3 is 24.0 Å². The van der Waals surface area contributed by atoms with Gasteiger partial charge >= 0.3 is 0 Å². The fourth-order valence-corrected chi connectivity index (χ4v) is 3.95. The number of ether oxygens (including phenoxy) is 3. The van der Waals surface area contributed by atoms with Crippen LogP contribution in [0.5, 0.6) is 17.2 Å². The second-order valence-corrected chi connectivity index (χ2v) is 7.81. The molecule has 0 N–H and O–H groups in total. The summed E-state index contributed by atoms with van der Waals surface area (Å²) in [7, 11) is 4.64. The highest BCUT2D eigenvalue weighted by molar-refractivity contribution is 6.07. The summed E-state index contributed by atoms with van der Waals surface area (Å²) in [4.78, 5) is 17.9. The summed E-state index contributed by atoms with van der Waals surface area (Å²) in [5, 5.41) is 0. The molecule has 0 aliphatic heterocycles. The molecule has 180 valence electrons. The topological polar surface area (TPSA) is 51.2 Å². The van der Waals surface area contributed by atoms with E-state index in [1.807, 2.05) is 35.2 Å². The summed E-state index contributed by atoms with van der Waals surface area (Å²) < 4.78 is 16.4. The molecule has 0 saturated carbocycles. The van der Waals surface area contributed by atoms with Crippen LogP contribution in [0.15, 0.2) is 66.7 Å². The Morgan fingerprint density at radius 2 is 1.29 bits per heavy atom. The Hall–Kier alpha value is -3.51. The molecule has 0 spiro atoms. The van der Waals surface area contributed by atoms with E-state index in [1.54, 1.807) is 33.5 Å². The molecule has 3 aromatic rings. The number of amides is 1. The summed E-state index contributed by atoms with van der Waals surface area (Å²) in [6.45, 7) is 7.43. The van der Waals surface area contributed by atoms with Crippen LogP contribution < -0.4 is 19.1 Å². The molecule has 0 aliphatic carbocycles. The van der Waals surface area contributed by atoms with Crippen molar-refractivity contribution in [3.8, 4) is 28.4 Å². The van der Waals surface area contributed by atoms with E-state index in [9.17, 15) is 4.79 Å². The van der Waals surface area contributed by atoms with Crippen LogP contribution in [0.3, 0.4) is 0 Å². The number of nitrogens with zero attached hydrogens (tertiary/aromatic N) is 2. The maximum Gasteiger partial charge on any atom is 0.258 e. The molecule has 0 aromatic heterocycles. The maximum atomic E-state index is 13.8. The second kappa shape index (κ2) is 12.1. The molecule has 0 bridgehead atoms. The lowest BCUT2D eigenvalue weighted by atomic mass is 10.0. The van der Waals surface area contributed by atoms with Gasteiger partial charge in [-0.25, -0.2) is 0 Å². The quantitative estimate of drug-likeness (QED) is 0.384. The van der Waals surface area contributed by atoms with E-state index in [0.29, 0.717) is 29.4 Å². The van der Waals surface area contributed by atoms with Gasteiger partial charge in [-0.2, -0.15) is 0 Å². The molecule has 6 heteroatoms. The molecule has 0 radical (unpaired) electrons. The van der Waals surface area contributed by atoms with Gasteiger partial charge in [0, 0.05) is 24.3 Å². The zero-order valence-electron chi connectivity index (χ0n) is 20.7. The molecule has 3 rings (SSSR count). The van der Waals surface area contributed by atoms with E-state index in [1.165, 1.54) is 0 Å². The summed E-state index contributed by atoms with van der Waals surface area (Å²) in [5.41, 5.74) is 3.56. The number of likely N-dealkylation sites (N-methyl/N-ethyl adjacent to an activating group) is 1. The Kier molecular flexibility index (Phi) is 8.93. The van der Waals surface area contributed by atoms with Gasteiger partial charge in [0.15, 0.2) is 11.5 Å². The molecular formula is C28H34N2O4. The van der Waals surface area contributed by atoms with E-state index in [2.05, 4.69) is 43.0 Å². The first-order valence-electron chi connectivity index (χ1n) is 11.6. The van der Waals surface area contributed by atoms with Gasteiger partial charge in [0.2, 0.25) is 5.75 Å². The monoisotopic (exact) mass is 462 g/mol. The Bertz CT molecular complexity index is 1040. The van der Waals surface area contributed by atoms with Gasteiger partial charge in [-0.3, -0.25) is 4.79 Å². The third kappa shape index (κ3) is 5.69. The summed E-state index contributed by atoms with van der Waals surface area (Å²) in [6, 6.07) is 21.7. The summed E-state index contributed by atoms with van der Waals surface area (Å²) >= 11 is 0. The Morgan fingerprint density at radius 1 is 0.735 bits per heavy atom. The number of carbonyl (C=O) groups is 1. The van der Waals surface area contributed by atoms with Crippen molar-refractivity contribution in [2.24, 2.45) is 0 Å². The third-order valence-corrected chi connectivity index (χ3v) is 5.98. The van der Waals surface area contributed by atoms with Crippen molar-refractivity contribution >= 4 is 11.6 Å². The van der Waals surface area contributed by atoms with E-state index in [-0.39, 0.29) is 5.91 Å². The fraction of sp³-hybridized carbons (Fsp3) is 0.321. The van der Waals surface area contributed by atoms with Gasteiger partial charge in [-0.15, -0.1) is 0 Å². The zero-order valence-corrected chi connectivity index (χ0v) is 20.7. The molecule has 0 saturated heterocycles. The van der Waals surface area contributed by atoms with Gasteiger partial charge in [-0.05, 0) is 48.5 Å². The van der Waals surface area contributed by atoms with E-state index in [0.717, 1.165) is 36.4 Å². The lowest BCUT2D eigenvalue weighted by molar-refractivity contribution is 0.0983. The van der Waals surface area contributed by atoms with Gasteiger partial charge in [0.1, 0.15) is 0 Å². The average Bonchev–Trinajstić information content (AvgIpc) is 2.90. The SMILES string of the molecule is CCN(CC)CCN(C(=O)c1cc(OC)c(OC)c(OC)c1)c1ccc(-c2ccccc2)cc1. The number of methoxy groups -OCH3 is 3. The smallest absolute Gasteiger partial charge is 0.258 e. The van der Waals surface area contributed by atoms with Crippen molar-refractivity contribution in [3.63, 3.8) is 0 Å². The van der Waals surface area contributed by atoms with Crippen LogP contribution in [-0.2, 0) is 0 Å². The van der Waals surface area contributed by atoms with E-state index >= 15 is 0 Å². The molecule has 0 fully saturated rings. The predicted molar refractivity (Wildman–Crippen MR) is 137 cm³/mol. The minimum absolute atomic E-state index is 0.126. The number of rotatable bonds is 11. The molecule has 0 unspecified atom stereocenters. The number of carbonyl (C=O) groups excluding carboxylic acids is 1. The standard InChI is InChI=1S/C28H34N2O4/c1-6-29(7-2)17-18-30(24-15-13-22(14-16-24)21-11-9-8-10-12-21)28(31)23-19-25(32-3)27(34-5)26(20-23)33-4/h8-16,19-20H,6-7,17-18H2,1-5H3. The van der Waals surface area contributed by atoms with Crippen molar-refractivity contribution in [2.45, 2.75) is 13.8 Å². The first kappa shape index (κ1) is 25.1. The van der Waals surface area contributed by atoms with Crippen molar-refractivity contribution < 1.29 is 19.0 Å². The highest BCUT2D eigenvalue weighted by Gasteiger charge is 2.23. The van der Waals surface area contributed by atoms with Crippen LogP contribution in [0, 0.1) is 0 Å². The summed E-state index contributed by atoms with van der Waals surface area (Å²) in [5.74, 6) is 1.24. The second-order valence-electron chi connectivity index (χ2n) is 7.81. The molecule has 3 aromatic carbocycles. The number of benzene rings is 3. The zero-order chi connectivity index (χ0) is 24.5. The summed E-state index contributed by atoms with van der Waals surface area (Å²) in [6.07, 6.45) is 0. The molecule has 6 nitrogen and oxygen atoms in total. The van der Waals surface area contributed by atoms with Crippen molar-refractivity contribution in [1.82, 2.24) is 4.90 Å². The van der Waals surface area contributed by atoms with E-state index < -0.39 is 0 Å². The molecular weight excluding hydrogens is 428 g/mol. The number of hydrogen-bond donors (Lipinski definition) is 0. The predicted octanol–water partition coefficient (Wildman–Crippen LogP) is 5.37. The van der Waals surface area contributed by atoms with Crippen LogP contribution in [0.1, 0.15) is 24.2 Å². The van der Waals surface area contributed by atoms with Crippen LogP contribution in [0.4, 0.5) is 5.69 Å². The molecule has 34 heavy (non-hydrogen) atoms. The first-order chi connectivity index (χ1) is 16.6. The first-order valence-corrected chi connectivity index (χ1v) is 11.6. The average molecular weight is 463 g/mol. The van der Waals surface area contributed by atoms with Crippen molar-refractivity contribution in [2.75, 3.05) is 52.4 Å². The fourth-order valence-electron chi connectivity index (χ4n) is 3.95. The van der Waals surface area contributed by atoms with Crippen LogP contribution in [0.25, 0.3) is 11.1 Å². The molecule has 0 atom stereocenters. The Labute approximate surface area is 202 Å². The Morgan fingerprint density at radius 3 is 1.79 bits per heavy atom. The van der Waals surface area contributed by atoms with Gasteiger partial charge in [-0.1, -0.05) is 56.3 Å². The van der Waals surface area contributed by atoms with Crippen molar-refractivity contribution in [3.05, 3.63) is 72.3 Å². The third-order valence-electron chi connectivity index (χ3n) is 5.98. The molecule has 1 amide bonds. The maximum absolute atomic E-state index is 13.8. The minimum Gasteiger partial charge on any atom is -0.493 e. The van der Waals surface area contributed by atoms with Crippen LogP contribution in [0.2, 0.25) is 0 Å². The minimum atomic E-state index is -0.126. The molecule has 0 aliphatic rings. The lowest BCUT2D eigenvalue weighted by Crippen LogP contribution is -2.39. The van der Waals surface area contributed by atoms with Crippen LogP contribution >= 0.6 is 0 Å². The number of anilines is 1.